The quantitative estimate of drug-likeness (QED) is 0.732. The molecule has 0 aliphatic rings. The normalized spacial score (nSPS) is 13.5. The maximum atomic E-state index is 12.0. The van der Waals surface area contributed by atoms with Gasteiger partial charge in [-0.1, -0.05) is 44.7 Å². The van der Waals surface area contributed by atoms with Crippen molar-refractivity contribution in [3.8, 4) is 5.75 Å². The fraction of sp³-hybridized carbons (Fsp3) is 0.588. The first-order valence-electron chi connectivity index (χ1n) is 7.76. The van der Waals surface area contributed by atoms with E-state index in [0.29, 0.717) is 16.7 Å². The van der Waals surface area contributed by atoms with E-state index in [9.17, 15) is 4.79 Å². The molecule has 1 amide bonds. The second-order valence-corrected chi connectivity index (χ2v) is 5.81. The lowest BCUT2D eigenvalue weighted by molar-refractivity contribution is -0.127. The Hall–Kier alpha value is -1.22. The first-order chi connectivity index (χ1) is 10.1. The molecule has 0 aliphatic carbocycles. The van der Waals surface area contributed by atoms with Gasteiger partial charge in [-0.2, -0.15) is 0 Å². The molecule has 3 nitrogen and oxygen atoms in total. The Morgan fingerprint density at radius 2 is 1.95 bits per heavy atom. The number of ether oxygens (including phenoxy) is 1. The van der Waals surface area contributed by atoms with Gasteiger partial charge in [0.1, 0.15) is 5.75 Å². The smallest absolute Gasteiger partial charge is 0.260 e. The van der Waals surface area contributed by atoms with Crippen LogP contribution < -0.4 is 10.1 Å². The minimum absolute atomic E-state index is 0.0695. The first kappa shape index (κ1) is 17.8. The van der Waals surface area contributed by atoms with Gasteiger partial charge in [0.2, 0.25) is 0 Å². The predicted octanol–water partition coefficient (Wildman–Crippen LogP) is 4.44. The summed E-state index contributed by atoms with van der Waals surface area (Å²) >= 11 is 5.82. The zero-order valence-corrected chi connectivity index (χ0v) is 14.0. The van der Waals surface area contributed by atoms with Crippen LogP contribution in [0.15, 0.2) is 24.3 Å². The lowest BCUT2D eigenvalue weighted by Gasteiger charge is -2.18. The number of halogens is 1. The highest BCUT2D eigenvalue weighted by molar-refractivity contribution is 6.30. The van der Waals surface area contributed by atoms with Gasteiger partial charge in [0.05, 0.1) is 0 Å². The van der Waals surface area contributed by atoms with Crippen molar-refractivity contribution in [1.82, 2.24) is 5.32 Å². The van der Waals surface area contributed by atoms with Crippen molar-refractivity contribution in [3.05, 3.63) is 29.3 Å². The van der Waals surface area contributed by atoms with Crippen molar-refractivity contribution >= 4 is 17.5 Å². The van der Waals surface area contributed by atoms with Gasteiger partial charge >= 0.3 is 0 Å². The fourth-order valence-corrected chi connectivity index (χ4v) is 2.23. The number of amides is 1. The largest absolute Gasteiger partial charge is 0.481 e. The average molecular weight is 312 g/mol. The summed E-state index contributed by atoms with van der Waals surface area (Å²) in [7, 11) is 0. The van der Waals surface area contributed by atoms with Crippen LogP contribution in [0, 0.1) is 5.92 Å². The van der Waals surface area contributed by atoms with Crippen molar-refractivity contribution in [2.45, 2.75) is 52.6 Å². The molecule has 1 aromatic carbocycles. The molecule has 2 atom stereocenters. The fourth-order valence-electron chi connectivity index (χ4n) is 2.10. The summed E-state index contributed by atoms with van der Waals surface area (Å²) < 4.78 is 5.61. The zero-order valence-electron chi connectivity index (χ0n) is 13.2. The van der Waals surface area contributed by atoms with Crippen LogP contribution in [-0.2, 0) is 4.79 Å². The molecule has 0 radical (unpaired) electrons. The van der Waals surface area contributed by atoms with Crippen LogP contribution in [0.2, 0.25) is 5.02 Å². The lowest BCUT2D eigenvalue weighted by atomic mass is 9.99. The number of rotatable bonds is 9. The highest BCUT2D eigenvalue weighted by atomic mass is 35.5. The second kappa shape index (κ2) is 9.67. The van der Waals surface area contributed by atoms with E-state index in [0.717, 1.165) is 13.0 Å². The molecule has 1 rings (SSSR count). The minimum Gasteiger partial charge on any atom is -0.481 e. The minimum atomic E-state index is -0.505. The molecule has 2 unspecified atom stereocenters. The molecule has 4 heteroatoms. The number of unbranched alkanes of at least 4 members (excludes halogenated alkanes) is 1. The predicted molar refractivity (Wildman–Crippen MR) is 87.9 cm³/mol. The molecule has 0 heterocycles. The number of carbonyl (C=O) groups is 1. The highest BCUT2D eigenvalue weighted by Gasteiger charge is 2.16. The maximum Gasteiger partial charge on any atom is 0.260 e. The van der Waals surface area contributed by atoms with Gasteiger partial charge in [0.15, 0.2) is 6.10 Å². The van der Waals surface area contributed by atoms with Gasteiger partial charge in [0.25, 0.3) is 5.91 Å². The van der Waals surface area contributed by atoms with E-state index in [1.807, 2.05) is 0 Å². The van der Waals surface area contributed by atoms with E-state index in [2.05, 4.69) is 19.2 Å². The van der Waals surface area contributed by atoms with Crippen LogP contribution in [0.1, 0.15) is 46.5 Å². The maximum absolute atomic E-state index is 12.0. The number of hydrogen-bond acceptors (Lipinski definition) is 2. The standard InChI is InChI=1S/C17H26ClNO2/c1-4-6-7-14(5-2)12-19-17(20)13(3)21-16-10-8-15(18)9-11-16/h8-11,13-14H,4-7,12H2,1-3H3,(H,19,20). The summed E-state index contributed by atoms with van der Waals surface area (Å²) in [5.74, 6) is 1.14. The molecule has 0 aliphatic heterocycles. The molecular formula is C17H26ClNO2. The van der Waals surface area contributed by atoms with Crippen LogP contribution in [0.3, 0.4) is 0 Å². The van der Waals surface area contributed by atoms with Crippen LogP contribution in [0.4, 0.5) is 0 Å². The molecule has 1 aromatic rings. The van der Waals surface area contributed by atoms with E-state index in [-0.39, 0.29) is 5.91 Å². The van der Waals surface area contributed by atoms with E-state index in [1.54, 1.807) is 31.2 Å². The Morgan fingerprint density at radius 3 is 2.52 bits per heavy atom. The molecule has 21 heavy (non-hydrogen) atoms. The van der Waals surface area contributed by atoms with E-state index < -0.39 is 6.10 Å². The summed E-state index contributed by atoms with van der Waals surface area (Å²) in [4.78, 5) is 12.0. The Labute approximate surface area is 133 Å². The molecule has 0 spiro atoms. The Balaban J connectivity index is 2.38. The van der Waals surface area contributed by atoms with Gasteiger partial charge in [-0.05, 0) is 43.5 Å². The van der Waals surface area contributed by atoms with E-state index >= 15 is 0 Å². The number of benzene rings is 1. The third kappa shape index (κ3) is 6.85. The SMILES string of the molecule is CCCCC(CC)CNC(=O)C(C)Oc1ccc(Cl)cc1. The zero-order chi connectivity index (χ0) is 15.7. The van der Waals surface area contributed by atoms with Gasteiger partial charge < -0.3 is 10.1 Å². The highest BCUT2D eigenvalue weighted by Crippen LogP contribution is 2.17. The average Bonchev–Trinajstić information content (AvgIpc) is 2.49. The Bertz CT molecular complexity index is 419. The van der Waals surface area contributed by atoms with Crippen LogP contribution in [-0.4, -0.2) is 18.6 Å². The summed E-state index contributed by atoms with van der Waals surface area (Å²) in [6.45, 7) is 6.84. The summed E-state index contributed by atoms with van der Waals surface area (Å²) in [6, 6.07) is 7.03. The third-order valence-electron chi connectivity index (χ3n) is 3.60. The molecule has 1 N–H and O–H groups in total. The molecule has 0 aromatic heterocycles. The van der Waals surface area contributed by atoms with Gasteiger partial charge in [-0.15, -0.1) is 0 Å². The third-order valence-corrected chi connectivity index (χ3v) is 3.86. The summed E-state index contributed by atoms with van der Waals surface area (Å²) in [5.41, 5.74) is 0. The van der Waals surface area contributed by atoms with Crippen LogP contribution in [0.25, 0.3) is 0 Å². The molecule has 118 valence electrons. The lowest BCUT2D eigenvalue weighted by Crippen LogP contribution is -2.38. The number of hydrogen-bond donors (Lipinski definition) is 1. The van der Waals surface area contributed by atoms with Crippen LogP contribution in [0.5, 0.6) is 5.75 Å². The molecular weight excluding hydrogens is 286 g/mol. The molecule has 0 saturated heterocycles. The summed E-state index contributed by atoms with van der Waals surface area (Å²) in [6.07, 6.45) is 4.16. The van der Waals surface area contributed by atoms with Crippen molar-refractivity contribution in [2.24, 2.45) is 5.92 Å². The number of nitrogens with one attached hydrogen (secondary N) is 1. The van der Waals surface area contributed by atoms with E-state index in [4.69, 9.17) is 16.3 Å². The van der Waals surface area contributed by atoms with Crippen molar-refractivity contribution in [3.63, 3.8) is 0 Å². The summed E-state index contributed by atoms with van der Waals surface area (Å²) in [5, 5.41) is 3.64. The first-order valence-corrected chi connectivity index (χ1v) is 8.14. The molecule has 0 fully saturated rings. The number of carbonyl (C=O) groups excluding carboxylic acids is 1. The second-order valence-electron chi connectivity index (χ2n) is 5.38. The van der Waals surface area contributed by atoms with Gasteiger partial charge in [0, 0.05) is 11.6 Å². The monoisotopic (exact) mass is 311 g/mol. The van der Waals surface area contributed by atoms with Crippen LogP contribution >= 0.6 is 11.6 Å². The van der Waals surface area contributed by atoms with E-state index in [1.165, 1.54) is 19.3 Å². The van der Waals surface area contributed by atoms with Crippen molar-refractivity contribution in [2.75, 3.05) is 6.54 Å². The Morgan fingerprint density at radius 1 is 1.29 bits per heavy atom. The Kier molecular flexibility index (Phi) is 8.21. The van der Waals surface area contributed by atoms with Gasteiger partial charge in [-0.25, -0.2) is 0 Å². The van der Waals surface area contributed by atoms with Crippen molar-refractivity contribution in [1.29, 1.82) is 0 Å². The topological polar surface area (TPSA) is 38.3 Å². The van der Waals surface area contributed by atoms with Crippen molar-refractivity contribution < 1.29 is 9.53 Å². The van der Waals surface area contributed by atoms with Gasteiger partial charge in [-0.3, -0.25) is 4.79 Å². The molecule has 0 bridgehead atoms. The molecule has 0 saturated carbocycles.